The van der Waals surface area contributed by atoms with Crippen molar-refractivity contribution in [2.75, 3.05) is 5.17 Å². The van der Waals surface area contributed by atoms with Gasteiger partial charge in [0.05, 0.1) is 28.7 Å². The monoisotopic (exact) mass is 501 g/mol. The fourth-order valence-electron chi connectivity index (χ4n) is 5.14. The number of alkyl halides is 3. The molecule has 5 rings (SSSR count). The first-order valence-corrected chi connectivity index (χ1v) is 12.1. The number of aryl methyl sites for hydroxylation is 1. The third kappa shape index (κ3) is 4.06. The maximum absolute atomic E-state index is 14.8. The number of aromatic nitrogens is 2. The third-order valence-electron chi connectivity index (χ3n) is 7.29. The van der Waals surface area contributed by atoms with E-state index in [2.05, 4.69) is 26.9 Å². The molecule has 2 aromatic heterocycles. The Hall–Kier alpha value is -3.29. The Bertz CT molecular complexity index is 1340. The van der Waals surface area contributed by atoms with E-state index in [4.69, 9.17) is 5.73 Å². The van der Waals surface area contributed by atoms with Crippen LogP contribution in [0.2, 0.25) is 0 Å². The number of anilines is 1. The highest BCUT2D eigenvalue weighted by Crippen LogP contribution is 2.49. The van der Waals surface area contributed by atoms with Crippen LogP contribution in [-0.2, 0) is 6.42 Å². The van der Waals surface area contributed by atoms with Crippen LogP contribution in [0.5, 0.6) is 0 Å². The molecule has 0 unspecified atom stereocenters. The largest absolute Gasteiger partial charge is 0.408 e. The number of nitrogens with one attached hydrogen (secondary N) is 1. The Morgan fingerprint density at radius 2 is 1.97 bits per heavy atom. The number of pyridine rings is 1. The van der Waals surface area contributed by atoms with Gasteiger partial charge in [-0.3, -0.25) is 10.2 Å². The molecule has 10 heteroatoms. The molecule has 0 aliphatic heterocycles. The number of fused-ring (bicyclic) bond motifs is 1. The molecule has 0 radical (unpaired) electrons. The summed E-state index contributed by atoms with van der Waals surface area (Å²) in [5.74, 6) is 2.61. The lowest BCUT2D eigenvalue weighted by atomic mass is 10.1. The summed E-state index contributed by atoms with van der Waals surface area (Å²) in [7, 11) is 0. The van der Waals surface area contributed by atoms with E-state index < -0.39 is 11.7 Å². The molecule has 0 amide bonds. The van der Waals surface area contributed by atoms with Crippen LogP contribution in [0.3, 0.4) is 0 Å². The smallest absolute Gasteiger partial charge is 0.359 e. The second kappa shape index (κ2) is 8.98. The summed E-state index contributed by atoms with van der Waals surface area (Å²) in [6.45, 7) is 1.90. The zero-order valence-electron chi connectivity index (χ0n) is 19.8. The molecule has 2 fully saturated rings. The molecule has 0 bridgehead atoms. The van der Waals surface area contributed by atoms with E-state index in [1.54, 1.807) is 6.07 Å². The van der Waals surface area contributed by atoms with Crippen LogP contribution < -0.4 is 16.3 Å². The second-order valence-corrected chi connectivity index (χ2v) is 9.52. The van der Waals surface area contributed by atoms with Gasteiger partial charge in [0.2, 0.25) is 0 Å². The molecular formula is C26H27F4N5O. The van der Waals surface area contributed by atoms with E-state index in [1.807, 2.05) is 13.0 Å². The summed E-state index contributed by atoms with van der Waals surface area (Å²) >= 11 is 0. The third-order valence-corrected chi connectivity index (χ3v) is 7.29. The van der Waals surface area contributed by atoms with Crippen molar-refractivity contribution in [2.45, 2.75) is 69.6 Å². The summed E-state index contributed by atoms with van der Waals surface area (Å²) in [4.78, 5) is 4.47. The van der Waals surface area contributed by atoms with Crippen molar-refractivity contribution >= 4 is 16.6 Å². The average molecular weight is 502 g/mol. The lowest BCUT2D eigenvalue weighted by Gasteiger charge is -2.26. The van der Waals surface area contributed by atoms with Crippen LogP contribution in [0.15, 0.2) is 30.5 Å². The minimum absolute atomic E-state index is 0.0589. The van der Waals surface area contributed by atoms with Crippen LogP contribution in [-0.4, -0.2) is 26.5 Å². The zero-order valence-corrected chi connectivity index (χ0v) is 19.8. The van der Waals surface area contributed by atoms with E-state index >= 15 is 0 Å². The highest BCUT2D eigenvalue weighted by molar-refractivity contribution is 5.95. The number of halogens is 4. The van der Waals surface area contributed by atoms with Crippen molar-refractivity contribution in [3.63, 3.8) is 0 Å². The van der Waals surface area contributed by atoms with Gasteiger partial charge in [0.15, 0.2) is 0 Å². The van der Waals surface area contributed by atoms with Gasteiger partial charge in [-0.2, -0.15) is 23.8 Å². The number of rotatable bonds is 6. The summed E-state index contributed by atoms with van der Waals surface area (Å²) in [6, 6.07) is 9.05. The van der Waals surface area contributed by atoms with Crippen LogP contribution in [0.25, 0.3) is 22.3 Å². The molecule has 36 heavy (non-hydrogen) atoms. The normalized spacial score (nSPS) is 17.3. The molecule has 2 aliphatic rings. The molecule has 0 spiro atoms. The van der Waals surface area contributed by atoms with E-state index in [0.29, 0.717) is 39.5 Å². The standard InChI is InChI=1S/C26H27F4N5O/c1-2-16-13-23-20(14-21(16)27)19(9-12-31)24(34(23)17-5-3-4-6-17)22-8-7-18(15-32-22)35(36)33-25(10-11-25)26(28,29)30/h7-8,13-15,17,33,36H,2-6,10-11,31H2,1H3. The van der Waals surface area contributed by atoms with Crippen molar-refractivity contribution in [1.82, 2.24) is 15.0 Å². The molecule has 0 saturated heterocycles. The average Bonchev–Trinajstić information content (AvgIpc) is 3.32. The Labute approximate surface area is 206 Å². The van der Waals surface area contributed by atoms with E-state index in [1.165, 1.54) is 18.3 Å². The molecule has 4 N–H and O–H groups in total. The number of benzene rings is 1. The number of nitrogens with zero attached hydrogens (tertiary/aromatic N) is 3. The molecule has 0 atom stereocenters. The predicted octanol–water partition coefficient (Wildman–Crippen LogP) is 5.58. The summed E-state index contributed by atoms with van der Waals surface area (Å²) in [5.41, 5.74) is 8.86. The predicted molar refractivity (Wildman–Crippen MR) is 128 cm³/mol. The van der Waals surface area contributed by atoms with Crippen molar-refractivity contribution in [3.05, 3.63) is 47.4 Å². The fraction of sp³-hybridized carbons (Fsp3) is 0.423. The summed E-state index contributed by atoms with van der Waals surface area (Å²) in [6.07, 6.45) is 1.18. The van der Waals surface area contributed by atoms with Gasteiger partial charge in [-0.1, -0.05) is 19.8 Å². The molecule has 3 aromatic rings. The number of hydrazine groups is 1. The minimum atomic E-state index is -4.48. The van der Waals surface area contributed by atoms with Gasteiger partial charge in [-0.25, -0.2) is 4.39 Å². The number of hydrogen-bond acceptors (Lipinski definition) is 5. The Morgan fingerprint density at radius 1 is 1.25 bits per heavy atom. The van der Waals surface area contributed by atoms with Crippen LogP contribution >= 0.6 is 0 Å². The lowest BCUT2D eigenvalue weighted by molar-refractivity contribution is -0.170. The van der Waals surface area contributed by atoms with Gasteiger partial charge < -0.3 is 10.3 Å². The van der Waals surface area contributed by atoms with Crippen LogP contribution in [0.1, 0.15) is 62.6 Å². The molecule has 6 nitrogen and oxygen atoms in total. The molecular weight excluding hydrogens is 474 g/mol. The van der Waals surface area contributed by atoms with Crippen LogP contribution in [0, 0.1) is 17.8 Å². The van der Waals surface area contributed by atoms with Gasteiger partial charge in [0.25, 0.3) is 0 Å². The molecule has 2 aliphatic carbocycles. The topological polar surface area (TPSA) is 79.3 Å². The zero-order chi connectivity index (χ0) is 25.7. The Morgan fingerprint density at radius 3 is 2.53 bits per heavy atom. The van der Waals surface area contributed by atoms with Gasteiger partial charge in [-0.05, 0) is 67.9 Å². The van der Waals surface area contributed by atoms with E-state index in [0.717, 1.165) is 31.2 Å². The lowest BCUT2D eigenvalue weighted by Crippen LogP contribution is -2.52. The van der Waals surface area contributed by atoms with E-state index in [-0.39, 0.29) is 30.4 Å². The summed E-state index contributed by atoms with van der Waals surface area (Å²) in [5, 5.41) is 11.3. The SMILES string of the molecule is CCc1cc2c(cc1F)c(C#CN)c(-c1ccc(N(O)NC3(C(F)(F)F)CC3)cn1)n2C1CCCC1. The Kier molecular flexibility index (Phi) is 6.09. The molecule has 2 heterocycles. The van der Waals surface area contributed by atoms with Gasteiger partial charge >= 0.3 is 6.18 Å². The minimum Gasteiger partial charge on any atom is -0.359 e. The van der Waals surface area contributed by atoms with Crippen molar-refractivity contribution in [3.8, 4) is 23.4 Å². The highest BCUT2D eigenvalue weighted by atomic mass is 19.4. The summed E-state index contributed by atoms with van der Waals surface area (Å²) < 4.78 is 56.8. The quantitative estimate of drug-likeness (QED) is 0.178. The Balaban J connectivity index is 1.60. The molecule has 1 aromatic carbocycles. The van der Waals surface area contributed by atoms with Crippen LogP contribution in [0.4, 0.5) is 23.2 Å². The second-order valence-electron chi connectivity index (χ2n) is 9.52. The highest BCUT2D eigenvalue weighted by Gasteiger charge is 2.64. The number of nitrogens with two attached hydrogens (primary N) is 1. The fourth-order valence-corrected chi connectivity index (χ4v) is 5.14. The van der Waals surface area contributed by atoms with Gasteiger partial charge in [0.1, 0.15) is 17.0 Å². The van der Waals surface area contributed by atoms with Crippen molar-refractivity contribution < 1.29 is 22.8 Å². The molecule has 2 saturated carbocycles. The van der Waals surface area contributed by atoms with Gasteiger partial charge in [-0.15, -0.1) is 0 Å². The first kappa shape index (κ1) is 24.4. The maximum atomic E-state index is 14.8. The van der Waals surface area contributed by atoms with Crippen molar-refractivity contribution in [2.24, 2.45) is 5.73 Å². The van der Waals surface area contributed by atoms with Crippen molar-refractivity contribution in [1.29, 1.82) is 0 Å². The molecule has 190 valence electrons. The van der Waals surface area contributed by atoms with Gasteiger partial charge in [0, 0.05) is 17.5 Å². The van der Waals surface area contributed by atoms with E-state index in [9.17, 15) is 22.8 Å². The number of hydrogen-bond donors (Lipinski definition) is 3. The first-order valence-electron chi connectivity index (χ1n) is 12.1. The first-order chi connectivity index (χ1) is 17.2. The maximum Gasteiger partial charge on any atom is 0.408 e.